The summed E-state index contributed by atoms with van der Waals surface area (Å²) < 4.78 is 0. The minimum atomic E-state index is 0. The molecule has 3 heteroatoms. The van der Waals surface area contributed by atoms with Gasteiger partial charge < -0.3 is 0 Å². The second kappa shape index (κ2) is 8.31. The first-order valence-corrected chi connectivity index (χ1v) is 7.54. The fourth-order valence-corrected chi connectivity index (χ4v) is 2.43. The van der Waals surface area contributed by atoms with E-state index in [9.17, 15) is 0 Å². The van der Waals surface area contributed by atoms with Gasteiger partial charge in [-0.2, -0.15) is 11.1 Å². The molecule has 123 valence electrons. The zero-order valence-electron chi connectivity index (χ0n) is 14.3. The average molecular weight is 394 g/mol. The van der Waals surface area contributed by atoms with Crippen molar-refractivity contribution in [2.75, 3.05) is 0 Å². The molecule has 0 N–H and O–H groups in total. The molecule has 0 aliphatic heterocycles. The quantitative estimate of drug-likeness (QED) is 0.488. The standard InChI is InChI=1S/C10H8N2.C10H15.Rh/c1-3-7-11-9(5-1)10-6-2-4-8-12-10;1-7-6-10(4,5)9(3)8(7)2;/h1-8H;1-5H3;/q;-1;. The van der Waals surface area contributed by atoms with Crippen LogP contribution in [0.1, 0.15) is 34.6 Å². The molecular weight excluding hydrogens is 371 g/mol. The normalized spacial score (nSPS) is 15.3. The summed E-state index contributed by atoms with van der Waals surface area (Å²) in [7, 11) is 0. The molecule has 23 heavy (non-hydrogen) atoms. The number of aromatic nitrogens is 2. The summed E-state index contributed by atoms with van der Waals surface area (Å²) in [6, 6.07) is 11.6. The van der Waals surface area contributed by atoms with E-state index in [1.807, 2.05) is 36.4 Å². The van der Waals surface area contributed by atoms with Gasteiger partial charge in [0.25, 0.3) is 0 Å². The second-order valence-corrected chi connectivity index (χ2v) is 6.05. The Hall–Kier alpha value is -1.60. The first-order chi connectivity index (χ1) is 10.4. The van der Waals surface area contributed by atoms with Crippen molar-refractivity contribution in [1.29, 1.82) is 0 Å². The molecule has 2 aromatic heterocycles. The molecule has 0 saturated carbocycles. The fraction of sp³-hybridized carbons (Fsp3) is 0.300. The van der Waals surface area contributed by atoms with Crippen molar-refractivity contribution in [3.05, 3.63) is 71.6 Å². The van der Waals surface area contributed by atoms with E-state index < -0.39 is 0 Å². The van der Waals surface area contributed by atoms with E-state index in [4.69, 9.17) is 0 Å². The van der Waals surface area contributed by atoms with E-state index in [2.05, 4.69) is 50.7 Å². The number of hydrogen-bond donors (Lipinski definition) is 0. The summed E-state index contributed by atoms with van der Waals surface area (Å²) >= 11 is 0. The van der Waals surface area contributed by atoms with Crippen molar-refractivity contribution in [3.63, 3.8) is 0 Å². The van der Waals surface area contributed by atoms with Crippen LogP contribution in [-0.2, 0) is 19.5 Å². The first-order valence-electron chi connectivity index (χ1n) is 7.54. The third-order valence-corrected chi connectivity index (χ3v) is 4.15. The maximum atomic E-state index is 4.19. The van der Waals surface area contributed by atoms with Crippen LogP contribution in [0.3, 0.4) is 0 Å². The Kier molecular flexibility index (Phi) is 7.03. The number of nitrogens with zero attached hydrogens (tertiary/aromatic N) is 2. The molecule has 1 radical (unpaired) electrons. The summed E-state index contributed by atoms with van der Waals surface area (Å²) in [6.07, 6.45) is 6.97. The molecule has 2 heterocycles. The van der Waals surface area contributed by atoms with Gasteiger partial charge in [0.2, 0.25) is 0 Å². The Bertz CT molecular complexity index is 649. The molecule has 1 aliphatic rings. The SMILES string of the molecule is CC1=[C-]C(C)(C)C(C)=C1C.[Rh].c1ccc(-c2ccccn2)nc1. The summed E-state index contributed by atoms with van der Waals surface area (Å²) in [6.45, 7) is 10.9. The van der Waals surface area contributed by atoms with Crippen LogP contribution in [0.4, 0.5) is 0 Å². The smallest absolute Gasteiger partial charge is 0.0886 e. The van der Waals surface area contributed by atoms with E-state index in [1.165, 1.54) is 16.7 Å². The summed E-state index contributed by atoms with van der Waals surface area (Å²) in [5.41, 5.74) is 6.22. The second-order valence-electron chi connectivity index (χ2n) is 6.05. The van der Waals surface area contributed by atoms with Gasteiger partial charge in [-0.15, -0.1) is 6.92 Å². The molecule has 0 atom stereocenters. The predicted octanol–water partition coefficient (Wildman–Crippen LogP) is 5.25. The van der Waals surface area contributed by atoms with E-state index in [1.54, 1.807) is 12.4 Å². The van der Waals surface area contributed by atoms with Gasteiger partial charge in [0.1, 0.15) is 0 Å². The van der Waals surface area contributed by atoms with Gasteiger partial charge >= 0.3 is 0 Å². The van der Waals surface area contributed by atoms with Crippen molar-refractivity contribution in [3.8, 4) is 11.4 Å². The van der Waals surface area contributed by atoms with Crippen molar-refractivity contribution in [2.45, 2.75) is 34.6 Å². The van der Waals surface area contributed by atoms with Gasteiger partial charge in [-0.25, -0.2) is 5.57 Å². The van der Waals surface area contributed by atoms with Gasteiger partial charge in [0, 0.05) is 31.9 Å². The Balaban J connectivity index is 0.000000224. The molecule has 0 unspecified atom stereocenters. The topological polar surface area (TPSA) is 25.8 Å². The largest absolute Gasteiger partial charge is 0.263 e. The summed E-state index contributed by atoms with van der Waals surface area (Å²) in [4.78, 5) is 8.37. The van der Waals surface area contributed by atoms with Crippen LogP contribution in [0, 0.1) is 11.5 Å². The molecule has 3 rings (SSSR count). The Morgan fingerprint density at radius 2 is 1.30 bits per heavy atom. The Morgan fingerprint density at radius 1 is 0.826 bits per heavy atom. The van der Waals surface area contributed by atoms with Crippen molar-refractivity contribution < 1.29 is 19.5 Å². The van der Waals surface area contributed by atoms with Crippen LogP contribution in [-0.4, -0.2) is 9.97 Å². The monoisotopic (exact) mass is 394 g/mol. The molecule has 0 aromatic carbocycles. The predicted molar refractivity (Wildman–Crippen MR) is 92.1 cm³/mol. The van der Waals surface area contributed by atoms with E-state index >= 15 is 0 Å². The van der Waals surface area contributed by atoms with Gasteiger partial charge in [-0.05, 0) is 24.3 Å². The molecule has 2 nitrogen and oxygen atoms in total. The number of allylic oxidation sites excluding steroid dienone is 4. The van der Waals surface area contributed by atoms with E-state index in [0.717, 1.165) is 11.4 Å². The maximum Gasteiger partial charge on any atom is 0.0886 e. The molecule has 0 amide bonds. The third-order valence-electron chi connectivity index (χ3n) is 4.15. The molecule has 0 bridgehead atoms. The maximum absolute atomic E-state index is 4.19. The van der Waals surface area contributed by atoms with Crippen LogP contribution >= 0.6 is 0 Å². The Morgan fingerprint density at radius 3 is 1.52 bits per heavy atom. The van der Waals surface area contributed by atoms with Crippen LogP contribution in [0.25, 0.3) is 11.4 Å². The summed E-state index contributed by atoms with van der Waals surface area (Å²) in [5.74, 6) is 0. The fourth-order valence-electron chi connectivity index (χ4n) is 2.43. The third kappa shape index (κ3) is 4.94. The molecule has 0 spiro atoms. The van der Waals surface area contributed by atoms with Crippen LogP contribution < -0.4 is 0 Å². The number of pyridine rings is 2. The Labute approximate surface area is 152 Å². The molecule has 2 aromatic rings. The minimum absolute atomic E-state index is 0. The van der Waals surface area contributed by atoms with Gasteiger partial charge in [-0.1, -0.05) is 45.2 Å². The molecular formula is C20H23N2Rh-. The van der Waals surface area contributed by atoms with Crippen LogP contribution in [0.15, 0.2) is 65.5 Å². The van der Waals surface area contributed by atoms with Gasteiger partial charge in [-0.3, -0.25) is 16.0 Å². The van der Waals surface area contributed by atoms with E-state index in [0.29, 0.717) is 0 Å². The van der Waals surface area contributed by atoms with Crippen molar-refractivity contribution >= 4 is 0 Å². The van der Waals surface area contributed by atoms with Crippen molar-refractivity contribution in [2.24, 2.45) is 5.41 Å². The summed E-state index contributed by atoms with van der Waals surface area (Å²) in [5, 5.41) is 0. The van der Waals surface area contributed by atoms with Crippen LogP contribution in [0.2, 0.25) is 0 Å². The zero-order valence-corrected chi connectivity index (χ0v) is 16.0. The van der Waals surface area contributed by atoms with Gasteiger partial charge in [0.15, 0.2) is 0 Å². The number of rotatable bonds is 1. The first kappa shape index (κ1) is 19.5. The molecule has 0 saturated heterocycles. The molecule has 1 aliphatic carbocycles. The average Bonchev–Trinajstić information content (AvgIpc) is 2.72. The molecule has 0 fully saturated rings. The van der Waals surface area contributed by atoms with Gasteiger partial charge in [0.05, 0.1) is 11.4 Å². The number of hydrogen-bond acceptors (Lipinski definition) is 2. The zero-order chi connectivity index (χ0) is 16.2. The van der Waals surface area contributed by atoms with Crippen molar-refractivity contribution in [1.82, 2.24) is 9.97 Å². The minimum Gasteiger partial charge on any atom is -0.263 e. The van der Waals surface area contributed by atoms with E-state index in [-0.39, 0.29) is 24.9 Å². The van der Waals surface area contributed by atoms with Crippen LogP contribution in [0.5, 0.6) is 0 Å².